The SMILES string of the molecule is C[C@@H](NS(=O)(=O)c1c(Cl)cc(Br)cc1Cl)C(=O)N1CCCCC1. The first-order valence-corrected chi connectivity index (χ1v) is 10.2. The summed E-state index contributed by atoms with van der Waals surface area (Å²) in [5.74, 6) is -0.238. The van der Waals surface area contributed by atoms with Gasteiger partial charge in [-0.15, -0.1) is 0 Å². The van der Waals surface area contributed by atoms with E-state index in [1.807, 2.05) is 0 Å². The Bertz CT molecular complexity index is 683. The molecule has 1 aromatic carbocycles. The van der Waals surface area contributed by atoms with Gasteiger partial charge in [0.05, 0.1) is 16.1 Å². The number of benzene rings is 1. The summed E-state index contributed by atoms with van der Waals surface area (Å²) >= 11 is 15.2. The van der Waals surface area contributed by atoms with Gasteiger partial charge in [-0.25, -0.2) is 8.42 Å². The number of amides is 1. The zero-order valence-corrected chi connectivity index (χ0v) is 16.4. The Morgan fingerprint density at radius 1 is 1.22 bits per heavy atom. The Balaban J connectivity index is 2.19. The third kappa shape index (κ3) is 4.60. The van der Waals surface area contributed by atoms with Crippen LogP contribution in [0.3, 0.4) is 0 Å². The van der Waals surface area contributed by atoms with Crippen molar-refractivity contribution in [2.45, 2.75) is 37.1 Å². The van der Waals surface area contributed by atoms with E-state index in [0.717, 1.165) is 19.3 Å². The van der Waals surface area contributed by atoms with Crippen molar-refractivity contribution in [3.63, 3.8) is 0 Å². The summed E-state index contributed by atoms with van der Waals surface area (Å²) in [5.41, 5.74) is 0. The van der Waals surface area contributed by atoms with E-state index in [9.17, 15) is 13.2 Å². The number of likely N-dealkylation sites (tertiary alicyclic amines) is 1. The molecule has 1 heterocycles. The number of carbonyl (C=O) groups excluding carboxylic acids is 1. The van der Waals surface area contributed by atoms with Crippen molar-refractivity contribution in [1.82, 2.24) is 9.62 Å². The van der Waals surface area contributed by atoms with Crippen molar-refractivity contribution in [2.24, 2.45) is 0 Å². The summed E-state index contributed by atoms with van der Waals surface area (Å²) in [4.78, 5) is 13.8. The second kappa shape index (κ2) is 7.70. The van der Waals surface area contributed by atoms with Gasteiger partial charge in [-0.2, -0.15) is 4.72 Å². The van der Waals surface area contributed by atoms with Crippen LogP contribution < -0.4 is 4.72 Å². The fourth-order valence-corrected chi connectivity index (χ4v) is 5.65. The molecule has 0 aromatic heterocycles. The van der Waals surface area contributed by atoms with Crippen molar-refractivity contribution in [1.29, 1.82) is 0 Å². The molecule has 1 N–H and O–H groups in total. The lowest BCUT2D eigenvalue weighted by molar-refractivity contribution is -0.133. The molecule has 1 atom stereocenters. The van der Waals surface area contributed by atoms with Crippen LogP contribution in [0.25, 0.3) is 0 Å². The molecule has 0 unspecified atom stereocenters. The van der Waals surface area contributed by atoms with Gasteiger partial charge in [0, 0.05) is 17.6 Å². The van der Waals surface area contributed by atoms with E-state index >= 15 is 0 Å². The maximum atomic E-state index is 12.5. The Morgan fingerprint density at radius 3 is 2.26 bits per heavy atom. The lowest BCUT2D eigenvalue weighted by Gasteiger charge is -2.29. The number of nitrogens with one attached hydrogen (secondary N) is 1. The first kappa shape index (κ1) is 19.0. The Morgan fingerprint density at radius 2 is 1.74 bits per heavy atom. The molecule has 0 aliphatic carbocycles. The van der Waals surface area contributed by atoms with E-state index in [-0.39, 0.29) is 20.8 Å². The fourth-order valence-electron chi connectivity index (χ4n) is 2.52. The van der Waals surface area contributed by atoms with Gasteiger partial charge in [-0.1, -0.05) is 39.1 Å². The van der Waals surface area contributed by atoms with E-state index in [0.29, 0.717) is 17.6 Å². The summed E-state index contributed by atoms with van der Waals surface area (Å²) in [5, 5.41) is -0.0102. The molecule has 1 aromatic rings. The van der Waals surface area contributed by atoms with Crippen molar-refractivity contribution in [2.75, 3.05) is 13.1 Å². The van der Waals surface area contributed by atoms with Crippen LogP contribution >= 0.6 is 39.1 Å². The number of hydrogen-bond donors (Lipinski definition) is 1. The van der Waals surface area contributed by atoms with Gasteiger partial charge in [0.25, 0.3) is 0 Å². The van der Waals surface area contributed by atoms with Crippen LogP contribution in [0.5, 0.6) is 0 Å². The van der Waals surface area contributed by atoms with Crippen LogP contribution in [0.4, 0.5) is 0 Å². The second-order valence-electron chi connectivity index (χ2n) is 5.43. The molecule has 9 heteroatoms. The molecular weight excluding hydrogens is 427 g/mol. The molecule has 0 saturated carbocycles. The maximum Gasteiger partial charge on any atom is 0.244 e. The molecule has 1 aliphatic heterocycles. The van der Waals surface area contributed by atoms with E-state index < -0.39 is 16.1 Å². The molecule has 1 aliphatic rings. The summed E-state index contributed by atoms with van der Waals surface area (Å²) in [6.07, 6.45) is 2.97. The highest BCUT2D eigenvalue weighted by Crippen LogP contribution is 2.32. The number of hydrogen-bond acceptors (Lipinski definition) is 3. The highest BCUT2D eigenvalue weighted by Gasteiger charge is 2.29. The van der Waals surface area contributed by atoms with E-state index in [2.05, 4.69) is 20.7 Å². The molecule has 1 saturated heterocycles. The van der Waals surface area contributed by atoms with Crippen molar-refractivity contribution >= 4 is 55.1 Å². The van der Waals surface area contributed by atoms with Gasteiger partial charge in [0.1, 0.15) is 4.90 Å². The van der Waals surface area contributed by atoms with Crippen molar-refractivity contribution < 1.29 is 13.2 Å². The zero-order valence-electron chi connectivity index (χ0n) is 12.5. The van der Waals surface area contributed by atoms with E-state index in [1.165, 1.54) is 19.1 Å². The predicted molar refractivity (Wildman–Crippen MR) is 94.4 cm³/mol. The first-order valence-electron chi connectivity index (χ1n) is 7.18. The van der Waals surface area contributed by atoms with Gasteiger partial charge < -0.3 is 4.90 Å². The van der Waals surface area contributed by atoms with E-state index in [1.54, 1.807) is 4.90 Å². The molecule has 23 heavy (non-hydrogen) atoms. The third-order valence-corrected chi connectivity index (χ3v) is 6.52. The topological polar surface area (TPSA) is 66.5 Å². The lowest BCUT2D eigenvalue weighted by Crippen LogP contribution is -2.48. The molecule has 0 spiro atoms. The first-order chi connectivity index (χ1) is 10.7. The van der Waals surface area contributed by atoms with Crippen LogP contribution in [0.1, 0.15) is 26.2 Å². The van der Waals surface area contributed by atoms with Crippen LogP contribution in [0.15, 0.2) is 21.5 Å². The van der Waals surface area contributed by atoms with Crippen LogP contribution in [0, 0.1) is 0 Å². The summed E-state index contributed by atoms with van der Waals surface area (Å²) in [6.45, 7) is 2.84. The maximum absolute atomic E-state index is 12.5. The largest absolute Gasteiger partial charge is 0.341 e. The summed E-state index contributed by atoms with van der Waals surface area (Å²) < 4.78 is 28.0. The molecule has 0 bridgehead atoms. The van der Waals surface area contributed by atoms with Crippen molar-refractivity contribution in [3.05, 3.63) is 26.7 Å². The quantitative estimate of drug-likeness (QED) is 0.774. The number of rotatable bonds is 4. The zero-order chi connectivity index (χ0) is 17.2. The monoisotopic (exact) mass is 442 g/mol. The number of sulfonamides is 1. The van der Waals surface area contributed by atoms with Crippen molar-refractivity contribution in [3.8, 4) is 0 Å². The normalized spacial score (nSPS) is 17.1. The minimum atomic E-state index is -4.00. The predicted octanol–water partition coefficient (Wildman–Crippen LogP) is 3.44. The number of nitrogens with zero attached hydrogens (tertiary/aromatic N) is 1. The van der Waals surface area contributed by atoms with Crippen LogP contribution in [-0.4, -0.2) is 38.4 Å². The summed E-state index contributed by atoms with van der Waals surface area (Å²) in [7, 11) is -4.00. The van der Waals surface area contributed by atoms with E-state index in [4.69, 9.17) is 23.2 Å². The molecule has 1 fully saturated rings. The molecule has 5 nitrogen and oxygen atoms in total. The number of carbonyl (C=O) groups is 1. The molecule has 1 amide bonds. The minimum Gasteiger partial charge on any atom is -0.341 e. The highest BCUT2D eigenvalue weighted by atomic mass is 79.9. The smallest absolute Gasteiger partial charge is 0.244 e. The lowest BCUT2D eigenvalue weighted by atomic mass is 10.1. The second-order valence-corrected chi connectivity index (χ2v) is 8.81. The Labute approximate surface area is 154 Å². The Hall–Kier alpha value is -0.340. The van der Waals surface area contributed by atoms with Crippen LogP contribution in [-0.2, 0) is 14.8 Å². The molecule has 128 valence electrons. The van der Waals surface area contributed by atoms with Crippen LogP contribution in [0.2, 0.25) is 10.0 Å². The Kier molecular flexibility index (Phi) is 6.35. The molecular formula is C14H17BrCl2N2O3S. The van der Waals surface area contributed by atoms with Gasteiger partial charge in [0.2, 0.25) is 15.9 Å². The standard InChI is InChI=1S/C14H17BrCl2N2O3S/c1-9(14(20)19-5-3-2-4-6-19)18-23(21,22)13-11(16)7-10(15)8-12(13)17/h7-9,18H,2-6H2,1H3/t9-/m1/s1. The highest BCUT2D eigenvalue weighted by molar-refractivity contribution is 9.10. The average molecular weight is 444 g/mol. The molecule has 2 rings (SSSR count). The van der Waals surface area contributed by atoms with Gasteiger partial charge >= 0.3 is 0 Å². The van der Waals surface area contributed by atoms with Gasteiger partial charge in [-0.3, -0.25) is 4.79 Å². The number of halogens is 3. The van der Waals surface area contributed by atoms with Gasteiger partial charge in [0.15, 0.2) is 0 Å². The van der Waals surface area contributed by atoms with Gasteiger partial charge in [-0.05, 0) is 38.3 Å². The third-order valence-electron chi connectivity index (χ3n) is 3.60. The fraction of sp³-hybridized carbons (Fsp3) is 0.500. The summed E-state index contributed by atoms with van der Waals surface area (Å²) in [6, 6.07) is 2.01. The minimum absolute atomic E-state index is 0.00510. The molecule has 0 radical (unpaired) electrons. The number of piperidine rings is 1. The average Bonchev–Trinajstić information content (AvgIpc) is 2.45.